The molecule has 0 radical (unpaired) electrons. The molecule has 1 spiro atoms. The Morgan fingerprint density at radius 3 is 2.50 bits per heavy atom. The van der Waals surface area contributed by atoms with Crippen molar-refractivity contribution in [3.8, 4) is 0 Å². The quantitative estimate of drug-likeness (QED) is 0.529. The summed E-state index contributed by atoms with van der Waals surface area (Å²) in [7, 11) is 0. The van der Waals surface area contributed by atoms with Crippen LogP contribution in [0.1, 0.15) is 25.8 Å². The first kappa shape index (κ1) is 24.7. The number of hydrogen-bond acceptors (Lipinski definition) is 5. The Morgan fingerprint density at radius 1 is 1.14 bits per heavy atom. The van der Waals surface area contributed by atoms with E-state index >= 15 is 0 Å². The van der Waals surface area contributed by atoms with E-state index in [4.69, 9.17) is 16.3 Å². The van der Waals surface area contributed by atoms with Crippen molar-refractivity contribution < 1.29 is 24.2 Å². The number of nitrogens with one attached hydrogen (secondary N) is 2. The predicted octanol–water partition coefficient (Wildman–Crippen LogP) is 2.60. The van der Waals surface area contributed by atoms with Crippen molar-refractivity contribution >= 4 is 35.0 Å². The van der Waals surface area contributed by atoms with Crippen LogP contribution in [0.4, 0.5) is 5.69 Å². The number of halogens is 1. The van der Waals surface area contributed by atoms with Gasteiger partial charge in [-0.05, 0) is 49.1 Å². The summed E-state index contributed by atoms with van der Waals surface area (Å²) in [6.45, 7) is 3.86. The fraction of sp³-hybridized carbons (Fsp3) is 0.444. The average Bonchev–Trinajstić information content (AvgIpc) is 3.37. The number of carbonyl (C=O) groups is 3. The summed E-state index contributed by atoms with van der Waals surface area (Å²) in [5.74, 6) is -2.65. The van der Waals surface area contributed by atoms with Gasteiger partial charge in [0.25, 0.3) is 0 Å². The molecule has 3 amide bonds. The molecule has 3 heterocycles. The molecular weight excluding hydrogens is 482 g/mol. The third kappa shape index (κ3) is 3.79. The van der Waals surface area contributed by atoms with E-state index in [1.807, 2.05) is 44.2 Å². The lowest BCUT2D eigenvalue weighted by molar-refractivity contribution is -0.146. The fourth-order valence-corrected chi connectivity index (χ4v) is 6.55. The maximum absolute atomic E-state index is 13.8. The summed E-state index contributed by atoms with van der Waals surface area (Å²) in [5, 5.41) is 16.1. The topological polar surface area (TPSA) is 108 Å². The van der Waals surface area contributed by atoms with E-state index < -0.39 is 35.0 Å². The van der Waals surface area contributed by atoms with Crippen LogP contribution in [0, 0.1) is 17.8 Å². The Hall–Kier alpha value is -2.94. The molecule has 8 nitrogen and oxygen atoms in total. The number of benzene rings is 2. The second-order valence-electron chi connectivity index (χ2n) is 10.2. The summed E-state index contributed by atoms with van der Waals surface area (Å²) in [5.41, 5.74) is -0.580. The third-order valence-corrected chi connectivity index (χ3v) is 8.36. The minimum Gasteiger partial charge on any atom is -0.395 e. The van der Waals surface area contributed by atoms with Gasteiger partial charge in [0, 0.05) is 23.8 Å². The minimum absolute atomic E-state index is 0.0252. The molecule has 3 N–H and O–H groups in total. The van der Waals surface area contributed by atoms with E-state index in [2.05, 4.69) is 10.6 Å². The lowest BCUT2D eigenvalue weighted by atomic mass is 9.62. The molecule has 2 aromatic carbocycles. The molecule has 36 heavy (non-hydrogen) atoms. The molecule has 190 valence electrons. The van der Waals surface area contributed by atoms with Gasteiger partial charge in [-0.2, -0.15) is 0 Å². The maximum atomic E-state index is 13.8. The van der Waals surface area contributed by atoms with Crippen molar-refractivity contribution in [3.05, 3.63) is 65.2 Å². The van der Waals surface area contributed by atoms with Crippen molar-refractivity contribution in [1.82, 2.24) is 10.2 Å². The Kier molecular flexibility index (Phi) is 6.31. The normalized spacial score (nSPS) is 32.4. The van der Waals surface area contributed by atoms with Crippen LogP contribution in [-0.4, -0.2) is 58.1 Å². The molecular formula is C27H30ClN3O5. The van der Waals surface area contributed by atoms with Gasteiger partial charge >= 0.3 is 0 Å². The van der Waals surface area contributed by atoms with E-state index in [0.717, 1.165) is 5.56 Å². The van der Waals surface area contributed by atoms with E-state index in [0.29, 0.717) is 23.7 Å². The minimum atomic E-state index is -1.16. The SMILES string of the molecule is CC1CC23O[C@@]1(C)[C@H](C(=O)NCc1ccccc1)[C@H]2C(=O)N(CCO)C3C(=O)Nc1ccc(Cl)cc1. The van der Waals surface area contributed by atoms with Crippen LogP contribution in [0.25, 0.3) is 0 Å². The lowest BCUT2D eigenvalue weighted by Gasteiger charge is -2.36. The Labute approximate surface area is 215 Å². The van der Waals surface area contributed by atoms with Crippen molar-refractivity contribution in [2.45, 2.75) is 44.1 Å². The number of rotatable bonds is 7. The first-order valence-corrected chi connectivity index (χ1v) is 12.6. The molecule has 3 aliphatic rings. The van der Waals surface area contributed by atoms with Gasteiger partial charge in [0.05, 0.1) is 24.0 Å². The molecule has 3 saturated heterocycles. The summed E-state index contributed by atoms with van der Waals surface area (Å²) in [6, 6.07) is 15.3. The van der Waals surface area contributed by atoms with Gasteiger partial charge in [-0.25, -0.2) is 0 Å². The summed E-state index contributed by atoms with van der Waals surface area (Å²) < 4.78 is 6.62. The maximum Gasteiger partial charge on any atom is 0.250 e. The number of ether oxygens (including phenoxy) is 1. The number of hydrogen-bond donors (Lipinski definition) is 3. The molecule has 0 saturated carbocycles. The van der Waals surface area contributed by atoms with E-state index in [-0.39, 0.29) is 30.9 Å². The molecule has 0 aromatic heterocycles. The summed E-state index contributed by atoms with van der Waals surface area (Å²) >= 11 is 5.97. The Morgan fingerprint density at radius 2 is 1.83 bits per heavy atom. The van der Waals surface area contributed by atoms with Crippen LogP contribution in [-0.2, 0) is 25.7 Å². The van der Waals surface area contributed by atoms with Gasteiger partial charge in [0.1, 0.15) is 11.6 Å². The highest BCUT2D eigenvalue weighted by Crippen LogP contribution is 2.65. The zero-order chi connectivity index (χ0) is 25.7. The smallest absolute Gasteiger partial charge is 0.250 e. The monoisotopic (exact) mass is 511 g/mol. The number of fused-ring (bicyclic) bond motifs is 1. The number of likely N-dealkylation sites (tertiary alicyclic amines) is 1. The van der Waals surface area contributed by atoms with E-state index in [9.17, 15) is 19.5 Å². The molecule has 3 aliphatic heterocycles. The Bertz CT molecular complexity index is 1180. The van der Waals surface area contributed by atoms with Crippen molar-refractivity contribution in [2.75, 3.05) is 18.5 Å². The average molecular weight is 512 g/mol. The highest BCUT2D eigenvalue weighted by Gasteiger charge is 2.79. The zero-order valence-electron chi connectivity index (χ0n) is 20.2. The van der Waals surface area contributed by atoms with Crippen LogP contribution in [0.5, 0.6) is 0 Å². The van der Waals surface area contributed by atoms with Gasteiger partial charge < -0.3 is 25.4 Å². The summed E-state index contributed by atoms with van der Waals surface area (Å²) in [6.07, 6.45) is 0.461. The fourth-order valence-electron chi connectivity index (χ4n) is 6.43. The van der Waals surface area contributed by atoms with Crippen LogP contribution in [0.15, 0.2) is 54.6 Å². The molecule has 0 aliphatic carbocycles. The first-order valence-electron chi connectivity index (χ1n) is 12.2. The third-order valence-electron chi connectivity index (χ3n) is 8.11. The standard InChI is InChI=1S/C27H30ClN3O5/c1-16-14-27-21(20(26(16,2)36-27)23(33)29-15-17-6-4-3-5-7-17)25(35)31(12-13-32)22(27)24(34)30-19-10-8-18(28)9-11-19/h3-11,16,20-22,32H,12-15H2,1-2H3,(H,29,33)(H,30,34)/t16?,20-,21-,22?,26+,27?/m0/s1. The number of amides is 3. The molecule has 6 atom stereocenters. The Balaban J connectivity index is 1.47. The number of aliphatic hydroxyl groups excluding tert-OH is 1. The lowest BCUT2D eigenvalue weighted by Crippen LogP contribution is -2.54. The number of carbonyl (C=O) groups excluding carboxylic acids is 3. The molecule has 2 bridgehead atoms. The van der Waals surface area contributed by atoms with Crippen LogP contribution in [0.2, 0.25) is 5.02 Å². The molecule has 5 rings (SSSR count). The van der Waals surface area contributed by atoms with Crippen LogP contribution >= 0.6 is 11.6 Å². The predicted molar refractivity (Wildman–Crippen MR) is 134 cm³/mol. The van der Waals surface area contributed by atoms with Gasteiger partial charge in [-0.1, -0.05) is 48.9 Å². The summed E-state index contributed by atoms with van der Waals surface area (Å²) in [4.78, 5) is 42.4. The number of nitrogens with zero attached hydrogens (tertiary/aromatic N) is 1. The first-order chi connectivity index (χ1) is 17.2. The van der Waals surface area contributed by atoms with Gasteiger partial charge in [0.15, 0.2) is 0 Å². The van der Waals surface area contributed by atoms with Gasteiger partial charge in [-0.15, -0.1) is 0 Å². The van der Waals surface area contributed by atoms with Crippen molar-refractivity contribution in [3.63, 3.8) is 0 Å². The molecule has 3 unspecified atom stereocenters. The largest absolute Gasteiger partial charge is 0.395 e. The highest BCUT2D eigenvalue weighted by atomic mass is 35.5. The number of β-amino-alcohol motifs (C(OH)–C–C–N with tert-alkyl or cyclic N) is 1. The second kappa shape index (κ2) is 9.18. The van der Waals surface area contributed by atoms with Crippen LogP contribution in [0.3, 0.4) is 0 Å². The van der Waals surface area contributed by atoms with E-state index in [1.165, 1.54) is 4.90 Å². The van der Waals surface area contributed by atoms with Gasteiger partial charge in [0.2, 0.25) is 17.7 Å². The van der Waals surface area contributed by atoms with Gasteiger partial charge in [-0.3, -0.25) is 14.4 Å². The molecule has 2 aromatic rings. The molecule has 3 fully saturated rings. The zero-order valence-corrected chi connectivity index (χ0v) is 21.0. The number of aliphatic hydroxyl groups is 1. The van der Waals surface area contributed by atoms with E-state index in [1.54, 1.807) is 24.3 Å². The number of anilines is 1. The van der Waals surface area contributed by atoms with Crippen molar-refractivity contribution in [1.29, 1.82) is 0 Å². The second-order valence-corrected chi connectivity index (χ2v) is 10.6. The highest BCUT2D eigenvalue weighted by molar-refractivity contribution is 6.30. The van der Waals surface area contributed by atoms with Crippen molar-refractivity contribution in [2.24, 2.45) is 17.8 Å². The molecule has 9 heteroatoms. The van der Waals surface area contributed by atoms with Crippen LogP contribution < -0.4 is 10.6 Å².